The number of benzene rings is 2. The lowest BCUT2D eigenvalue weighted by Gasteiger charge is -1.99. The van der Waals surface area contributed by atoms with E-state index in [9.17, 15) is 9.18 Å². The molecule has 94 valence electrons. The van der Waals surface area contributed by atoms with Gasteiger partial charge in [0.2, 0.25) is 0 Å². The number of amides is 1. The maximum Gasteiger partial charge on any atom is 0.256 e. The molecule has 2 nitrogen and oxygen atoms in total. The van der Waals surface area contributed by atoms with Gasteiger partial charge in [0.25, 0.3) is 5.91 Å². The van der Waals surface area contributed by atoms with Crippen LogP contribution in [0.2, 0.25) is 5.02 Å². The number of anilines is 1. The van der Waals surface area contributed by atoms with Crippen LogP contribution in [-0.2, 0) is 4.79 Å². The number of rotatable bonds is 1. The molecule has 0 radical (unpaired) electrons. The van der Waals surface area contributed by atoms with Gasteiger partial charge in [0.1, 0.15) is 5.82 Å². The molecule has 0 bridgehead atoms. The van der Waals surface area contributed by atoms with Gasteiger partial charge in [-0.15, -0.1) is 0 Å². The molecular formula is C15H9ClFNO. The highest BCUT2D eigenvalue weighted by atomic mass is 35.5. The minimum atomic E-state index is -0.330. The SMILES string of the molecule is O=C1Nc2cc(Cl)ccc2/C1=C\c1cccc(F)c1. The Bertz CT molecular complexity index is 709. The predicted octanol–water partition coefficient (Wildman–Crippen LogP) is 3.97. The largest absolute Gasteiger partial charge is 0.321 e. The van der Waals surface area contributed by atoms with Crippen molar-refractivity contribution in [3.05, 3.63) is 64.4 Å². The third-order valence-corrected chi connectivity index (χ3v) is 3.16. The Morgan fingerprint density at radius 3 is 2.79 bits per heavy atom. The zero-order valence-corrected chi connectivity index (χ0v) is 10.5. The fourth-order valence-electron chi connectivity index (χ4n) is 2.07. The van der Waals surface area contributed by atoms with Crippen LogP contribution in [0.5, 0.6) is 0 Å². The fraction of sp³-hybridized carbons (Fsp3) is 0. The molecule has 0 saturated carbocycles. The number of nitrogens with one attached hydrogen (secondary N) is 1. The summed E-state index contributed by atoms with van der Waals surface area (Å²) >= 11 is 5.88. The molecule has 0 fully saturated rings. The maximum atomic E-state index is 13.1. The summed E-state index contributed by atoms with van der Waals surface area (Å²) in [5, 5.41) is 3.30. The van der Waals surface area contributed by atoms with Gasteiger partial charge in [-0.2, -0.15) is 0 Å². The summed E-state index contributed by atoms with van der Waals surface area (Å²) in [6.07, 6.45) is 1.66. The first-order chi connectivity index (χ1) is 9.13. The second-order valence-corrected chi connectivity index (χ2v) is 4.69. The summed E-state index contributed by atoms with van der Waals surface area (Å²) in [4.78, 5) is 11.9. The van der Waals surface area contributed by atoms with Crippen molar-refractivity contribution in [3.8, 4) is 0 Å². The molecule has 3 rings (SSSR count). The minimum Gasteiger partial charge on any atom is -0.321 e. The van der Waals surface area contributed by atoms with Gasteiger partial charge in [-0.3, -0.25) is 4.79 Å². The molecule has 0 aliphatic carbocycles. The van der Waals surface area contributed by atoms with Crippen molar-refractivity contribution >= 4 is 34.8 Å². The summed E-state index contributed by atoms with van der Waals surface area (Å²) in [7, 11) is 0. The van der Waals surface area contributed by atoms with Gasteiger partial charge in [0.15, 0.2) is 0 Å². The quantitative estimate of drug-likeness (QED) is 0.783. The van der Waals surface area contributed by atoms with E-state index in [0.717, 1.165) is 5.56 Å². The van der Waals surface area contributed by atoms with Crippen molar-refractivity contribution in [2.24, 2.45) is 0 Å². The highest BCUT2D eigenvalue weighted by Gasteiger charge is 2.23. The van der Waals surface area contributed by atoms with Crippen LogP contribution in [0, 0.1) is 5.82 Å². The van der Waals surface area contributed by atoms with Crippen molar-refractivity contribution in [3.63, 3.8) is 0 Å². The van der Waals surface area contributed by atoms with Crippen molar-refractivity contribution in [1.29, 1.82) is 0 Å². The molecule has 1 N–H and O–H groups in total. The Hall–Kier alpha value is -2.13. The van der Waals surface area contributed by atoms with Crippen LogP contribution in [-0.4, -0.2) is 5.91 Å². The van der Waals surface area contributed by atoms with Crippen LogP contribution in [0.4, 0.5) is 10.1 Å². The van der Waals surface area contributed by atoms with Crippen LogP contribution in [0.3, 0.4) is 0 Å². The van der Waals surface area contributed by atoms with Gasteiger partial charge >= 0.3 is 0 Å². The lowest BCUT2D eigenvalue weighted by molar-refractivity contribution is -0.110. The van der Waals surface area contributed by atoms with Crippen LogP contribution >= 0.6 is 11.6 Å². The second kappa shape index (κ2) is 4.52. The van der Waals surface area contributed by atoms with E-state index in [1.807, 2.05) is 0 Å². The third kappa shape index (κ3) is 2.25. The normalized spacial score (nSPS) is 15.5. The molecular weight excluding hydrogens is 265 g/mol. The molecule has 1 aliphatic rings. The van der Waals surface area contributed by atoms with E-state index in [1.54, 1.807) is 36.4 Å². The number of hydrogen-bond donors (Lipinski definition) is 1. The zero-order valence-electron chi connectivity index (χ0n) is 9.78. The first-order valence-electron chi connectivity index (χ1n) is 5.72. The van der Waals surface area contributed by atoms with E-state index in [-0.39, 0.29) is 11.7 Å². The number of carbonyl (C=O) groups excluding carboxylic acids is 1. The monoisotopic (exact) mass is 273 g/mol. The van der Waals surface area contributed by atoms with Crippen molar-refractivity contribution in [1.82, 2.24) is 0 Å². The summed E-state index contributed by atoms with van der Waals surface area (Å²) in [6.45, 7) is 0. The average molecular weight is 274 g/mol. The van der Waals surface area contributed by atoms with E-state index < -0.39 is 0 Å². The lowest BCUT2D eigenvalue weighted by Crippen LogP contribution is -2.03. The molecule has 0 unspecified atom stereocenters. The van der Waals surface area contributed by atoms with Gasteiger partial charge < -0.3 is 5.32 Å². The molecule has 4 heteroatoms. The Balaban J connectivity index is 2.09. The topological polar surface area (TPSA) is 29.1 Å². The number of halogens is 2. The van der Waals surface area contributed by atoms with Crippen LogP contribution in [0.25, 0.3) is 11.6 Å². The van der Waals surface area contributed by atoms with Gasteiger partial charge in [-0.25, -0.2) is 4.39 Å². The van der Waals surface area contributed by atoms with E-state index in [0.29, 0.717) is 21.8 Å². The van der Waals surface area contributed by atoms with Gasteiger partial charge in [0, 0.05) is 16.2 Å². The highest BCUT2D eigenvalue weighted by Crippen LogP contribution is 2.34. The van der Waals surface area contributed by atoms with Crippen LogP contribution in [0.1, 0.15) is 11.1 Å². The van der Waals surface area contributed by atoms with Gasteiger partial charge in [-0.05, 0) is 35.9 Å². The Morgan fingerprint density at radius 2 is 2.00 bits per heavy atom. The van der Waals surface area contributed by atoms with Crippen molar-refractivity contribution < 1.29 is 9.18 Å². The third-order valence-electron chi connectivity index (χ3n) is 2.92. The molecule has 0 spiro atoms. The molecule has 1 amide bonds. The molecule has 0 saturated heterocycles. The van der Waals surface area contributed by atoms with E-state index in [1.165, 1.54) is 12.1 Å². The number of fused-ring (bicyclic) bond motifs is 1. The maximum absolute atomic E-state index is 13.1. The minimum absolute atomic E-state index is 0.207. The van der Waals surface area contributed by atoms with Gasteiger partial charge in [-0.1, -0.05) is 29.8 Å². The molecule has 2 aromatic carbocycles. The Labute approximate surface area is 114 Å². The molecule has 1 aliphatic heterocycles. The fourth-order valence-corrected chi connectivity index (χ4v) is 2.25. The summed E-state index contributed by atoms with van der Waals surface area (Å²) in [5.41, 5.74) is 2.61. The van der Waals surface area contributed by atoms with Crippen molar-refractivity contribution in [2.45, 2.75) is 0 Å². The van der Waals surface area contributed by atoms with Crippen LogP contribution in [0.15, 0.2) is 42.5 Å². The molecule has 0 atom stereocenters. The number of hydrogen-bond acceptors (Lipinski definition) is 1. The molecule has 0 aromatic heterocycles. The lowest BCUT2D eigenvalue weighted by atomic mass is 10.0. The van der Waals surface area contributed by atoms with Gasteiger partial charge in [0.05, 0.1) is 5.69 Å². The Kier molecular flexibility index (Phi) is 2.84. The summed E-state index contributed by atoms with van der Waals surface area (Å²) < 4.78 is 13.1. The van der Waals surface area contributed by atoms with E-state index in [2.05, 4.69) is 5.32 Å². The first-order valence-corrected chi connectivity index (χ1v) is 6.10. The highest BCUT2D eigenvalue weighted by molar-refractivity contribution is 6.36. The van der Waals surface area contributed by atoms with E-state index >= 15 is 0 Å². The molecule has 2 aromatic rings. The standard InChI is InChI=1S/C15H9ClFNO/c16-10-4-5-12-13(15(19)18-14(12)8-10)7-9-2-1-3-11(17)6-9/h1-8H,(H,18,19)/b13-7+. The zero-order chi connectivity index (χ0) is 13.4. The van der Waals surface area contributed by atoms with E-state index in [4.69, 9.17) is 11.6 Å². The first kappa shape index (κ1) is 11.9. The second-order valence-electron chi connectivity index (χ2n) is 4.26. The average Bonchev–Trinajstić information content (AvgIpc) is 2.65. The summed E-state index contributed by atoms with van der Waals surface area (Å²) in [5.74, 6) is -0.536. The van der Waals surface area contributed by atoms with Crippen LogP contribution < -0.4 is 5.32 Å². The predicted molar refractivity (Wildman–Crippen MR) is 74.4 cm³/mol. The summed E-state index contributed by atoms with van der Waals surface area (Å²) in [6, 6.07) is 11.3. The van der Waals surface area contributed by atoms with Crippen molar-refractivity contribution in [2.75, 3.05) is 5.32 Å². The molecule has 19 heavy (non-hydrogen) atoms. The molecule has 1 heterocycles. The number of carbonyl (C=O) groups is 1. The smallest absolute Gasteiger partial charge is 0.256 e. The Morgan fingerprint density at radius 1 is 1.16 bits per heavy atom.